The van der Waals surface area contributed by atoms with E-state index in [1.807, 2.05) is 6.26 Å². The molecule has 0 N–H and O–H groups in total. The predicted molar refractivity (Wildman–Crippen MR) is 66.1 cm³/mol. The SMILES string of the molecule is CSCc1nc(Cl)c(Br)c(C(C)C)n1. The van der Waals surface area contributed by atoms with E-state index in [1.165, 1.54) is 0 Å². The van der Waals surface area contributed by atoms with Crippen LogP contribution in [0.5, 0.6) is 0 Å². The monoisotopic (exact) mass is 294 g/mol. The Balaban J connectivity index is 3.14. The number of thioether (sulfide) groups is 1. The summed E-state index contributed by atoms with van der Waals surface area (Å²) < 4.78 is 0.819. The first kappa shape index (κ1) is 12.3. The summed E-state index contributed by atoms with van der Waals surface area (Å²) in [6, 6.07) is 0. The van der Waals surface area contributed by atoms with Gasteiger partial charge in [0, 0.05) is 0 Å². The fourth-order valence-corrected chi connectivity index (χ4v) is 2.27. The molecule has 0 aliphatic heterocycles. The van der Waals surface area contributed by atoms with Crippen LogP contribution in [0, 0.1) is 0 Å². The average Bonchev–Trinajstić information content (AvgIpc) is 2.11. The van der Waals surface area contributed by atoms with Crippen LogP contribution in [0.3, 0.4) is 0 Å². The zero-order valence-electron chi connectivity index (χ0n) is 8.34. The molecule has 0 amide bonds. The van der Waals surface area contributed by atoms with E-state index in [4.69, 9.17) is 11.6 Å². The smallest absolute Gasteiger partial charge is 0.147 e. The molecule has 0 fully saturated rings. The van der Waals surface area contributed by atoms with Crippen molar-refractivity contribution < 1.29 is 0 Å². The summed E-state index contributed by atoms with van der Waals surface area (Å²) in [4.78, 5) is 8.65. The Bertz CT molecular complexity index is 331. The van der Waals surface area contributed by atoms with E-state index in [-0.39, 0.29) is 0 Å². The van der Waals surface area contributed by atoms with E-state index in [0.29, 0.717) is 11.1 Å². The predicted octanol–water partition coefficient (Wildman–Crippen LogP) is 3.88. The van der Waals surface area contributed by atoms with Crippen molar-refractivity contribution in [2.75, 3.05) is 6.26 Å². The molecule has 1 aromatic heterocycles. The lowest BCUT2D eigenvalue weighted by molar-refractivity contribution is 0.791. The largest absolute Gasteiger partial charge is 0.235 e. The van der Waals surface area contributed by atoms with Crippen molar-refractivity contribution in [3.05, 3.63) is 21.1 Å². The van der Waals surface area contributed by atoms with E-state index in [1.54, 1.807) is 11.8 Å². The number of rotatable bonds is 3. The standard InChI is InChI=1S/C9H12BrClN2S/c1-5(2)8-7(10)9(11)13-6(12-8)4-14-3/h5H,4H2,1-3H3. The molecule has 14 heavy (non-hydrogen) atoms. The first-order valence-electron chi connectivity index (χ1n) is 4.27. The lowest BCUT2D eigenvalue weighted by Crippen LogP contribution is -2.02. The first-order valence-corrected chi connectivity index (χ1v) is 6.83. The molecule has 0 aliphatic carbocycles. The molecule has 5 heteroatoms. The minimum absolute atomic E-state index is 0.352. The van der Waals surface area contributed by atoms with Gasteiger partial charge in [0.15, 0.2) is 0 Å². The van der Waals surface area contributed by atoms with Crippen LogP contribution in [0.1, 0.15) is 31.3 Å². The summed E-state index contributed by atoms with van der Waals surface area (Å²) in [7, 11) is 0. The van der Waals surface area contributed by atoms with Crippen LogP contribution < -0.4 is 0 Å². The molecule has 0 saturated carbocycles. The van der Waals surface area contributed by atoms with Gasteiger partial charge in [0.2, 0.25) is 0 Å². The molecule has 1 heterocycles. The average molecular weight is 296 g/mol. The molecule has 2 nitrogen and oxygen atoms in total. The highest BCUT2D eigenvalue weighted by molar-refractivity contribution is 9.10. The maximum atomic E-state index is 5.99. The summed E-state index contributed by atoms with van der Waals surface area (Å²) in [6.07, 6.45) is 2.02. The summed E-state index contributed by atoms with van der Waals surface area (Å²) >= 11 is 11.1. The number of hydrogen-bond acceptors (Lipinski definition) is 3. The lowest BCUT2D eigenvalue weighted by Gasteiger charge is -2.09. The number of hydrogen-bond donors (Lipinski definition) is 0. The first-order chi connectivity index (χ1) is 6.56. The summed E-state index contributed by atoms with van der Waals surface area (Å²) in [5, 5.41) is 0.507. The molecule has 0 spiro atoms. The minimum Gasteiger partial charge on any atom is -0.235 e. The molecule has 0 radical (unpaired) electrons. The zero-order chi connectivity index (χ0) is 10.7. The Hall–Kier alpha value is 0.200. The molecule has 1 rings (SSSR count). The van der Waals surface area contributed by atoms with E-state index in [0.717, 1.165) is 21.7 Å². The molecule has 0 aromatic carbocycles. The number of nitrogens with zero attached hydrogens (tertiary/aromatic N) is 2. The highest BCUT2D eigenvalue weighted by Gasteiger charge is 2.12. The van der Waals surface area contributed by atoms with E-state index in [2.05, 4.69) is 39.7 Å². The fourth-order valence-electron chi connectivity index (χ4n) is 1.06. The van der Waals surface area contributed by atoms with Gasteiger partial charge in [-0.05, 0) is 28.1 Å². The molecule has 78 valence electrons. The van der Waals surface area contributed by atoms with E-state index >= 15 is 0 Å². The molecule has 0 saturated heterocycles. The topological polar surface area (TPSA) is 25.8 Å². The summed E-state index contributed by atoms with van der Waals surface area (Å²) in [5.41, 5.74) is 0.981. The van der Waals surface area contributed by atoms with Gasteiger partial charge in [-0.1, -0.05) is 25.4 Å². The van der Waals surface area contributed by atoms with Crippen LogP contribution >= 0.6 is 39.3 Å². The lowest BCUT2D eigenvalue weighted by atomic mass is 10.1. The third-order valence-corrected chi connectivity index (χ3v) is 3.53. The van der Waals surface area contributed by atoms with Gasteiger partial charge in [-0.15, -0.1) is 0 Å². The van der Waals surface area contributed by atoms with Crippen molar-refractivity contribution in [2.45, 2.75) is 25.5 Å². The van der Waals surface area contributed by atoms with Crippen LogP contribution in [0.25, 0.3) is 0 Å². The van der Waals surface area contributed by atoms with E-state index < -0.39 is 0 Å². The van der Waals surface area contributed by atoms with Crippen molar-refractivity contribution >= 4 is 39.3 Å². The summed E-state index contributed by atoms with van der Waals surface area (Å²) in [6.45, 7) is 4.18. The molecular weight excluding hydrogens is 284 g/mol. The van der Waals surface area contributed by atoms with Gasteiger partial charge in [0.25, 0.3) is 0 Å². The Morgan fingerprint density at radius 1 is 1.43 bits per heavy atom. The van der Waals surface area contributed by atoms with Crippen LogP contribution in [-0.2, 0) is 5.75 Å². The Morgan fingerprint density at radius 2 is 2.07 bits per heavy atom. The Labute approximate surface area is 102 Å². The van der Waals surface area contributed by atoms with Crippen LogP contribution in [0.15, 0.2) is 4.47 Å². The van der Waals surface area contributed by atoms with Crippen molar-refractivity contribution in [3.8, 4) is 0 Å². The minimum atomic E-state index is 0.352. The van der Waals surface area contributed by atoms with Gasteiger partial charge < -0.3 is 0 Å². The molecule has 0 aliphatic rings. The maximum absolute atomic E-state index is 5.99. The molecule has 0 unspecified atom stereocenters. The van der Waals surface area contributed by atoms with Crippen molar-refractivity contribution in [1.82, 2.24) is 9.97 Å². The van der Waals surface area contributed by atoms with Gasteiger partial charge in [0.05, 0.1) is 15.9 Å². The van der Waals surface area contributed by atoms with Crippen molar-refractivity contribution in [2.24, 2.45) is 0 Å². The third-order valence-electron chi connectivity index (χ3n) is 1.70. The zero-order valence-corrected chi connectivity index (χ0v) is 11.5. The number of aromatic nitrogens is 2. The van der Waals surface area contributed by atoms with Crippen LogP contribution in [0.4, 0.5) is 0 Å². The van der Waals surface area contributed by atoms with Gasteiger partial charge in [-0.25, -0.2) is 9.97 Å². The second-order valence-corrected chi connectivity index (χ2v) is 5.23. The van der Waals surface area contributed by atoms with Crippen molar-refractivity contribution in [1.29, 1.82) is 0 Å². The molecule has 1 aromatic rings. The van der Waals surface area contributed by atoms with Crippen LogP contribution in [-0.4, -0.2) is 16.2 Å². The Kier molecular flexibility index (Phi) is 4.67. The number of halogens is 2. The highest BCUT2D eigenvalue weighted by atomic mass is 79.9. The van der Waals surface area contributed by atoms with Crippen LogP contribution in [0.2, 0.25) is 5.15 Å². The highest BCUT2D eigenvalue weighted by Crippen LogP contribution is 2.28. The van der Waals surface area contributed by atoms with Gasteiger partial charge in [-0.2, -0.15) is 11.8 Å². The molecular formula is C9H12BrClN2S. The third kappa shape index (κ3) is 2.84. The van der Waals surface area contributed by atoms with Gasteiger partial charge >= 0.3 is 0 Å². The normalized spacial score (nSPS) is 11.0. The second kappa shape index (κ2) is 5.33. The fraction of sp³-hybridized carbons (Fsp3) is 0.556. The van der Waals surface area contributed by atoms with Gasteiger partial charge in [0.1, 0.15) is 11.0 Å². The second-order valence-electron chi connectivity index (χ2n) is 3.22. The quantitative estimate of drug-likeness (QED) is 0.792. The van der Waals surface area contributed by atoms with Gasteiger partial charge in [-0.3, -0.25) is 0 Å². The maximum Gasteiger partial charge on any atom is 0.147 e. The molecule has 0 atom stereocenters. The Morgan fingerprint density at radius 3 is 2.57 bits per heavy atom. The van der Waals surface area contributed by atoms with Crippen molar-refractivity contribution in [3.63, 3.8) is 0 Å². The van der Waals surface area contributed by atoms with E-state index in [9.17, 15) is 0 Å². The summed E-state index contributed by atoms with van der Waals surface area (Å²) in [5.74, 6) is 1.95. The molecule has 0 bridgehead atoms.